The van der Waals surface area contributed by atoms with Crippen LogP contribution in [0.4, 0.5) is 4.79 Å². The lowest BCUT2D eigenvalue weighted by atomic mass is 10.1. The van der Waals surface area contributed by atoms with Crippen LogP contribution in [0, 0.1) is 5.92 Å². The Morgan fingerprint density at radius 3 is 2.41 bits per heavy atom. The maximum absolute atomic E-state index is 12.2. The first-order chi connectivity index (χ1) is 17.8. The zero-order valence-corrected chi connectivity index (χ0v) is 24.2. The van der Waals surface area contributed by atoms with Crippen molar-refractivity contribution < 1.29 is 32.9 Å². The first-order valence-electron chi connectivity index (χ1n) is 12.7. The van der Waals surface area contributed by atoms with Crippen LogP contribution < -0.4 is 14.9 Å². The van der Waals surface area contributed by atoms with Crippen molar-refractivity contribution in [3.8, 4) is 5.75 Å². The summed E-state index contributed by atoms with van der Waals surface area (Å²) in [4.78, 5) is 36.2. The van der Waals surface area contributed by atoms with E-state index in [0.717, 1.165) is 0 Å². The van der Waals surface area contributed by atoms with Gasteiger partial charge in [-0.3, -0.25) is 14.5 Å². The molecular formula is C26H44N3O7P. The van der Waals surface area contributed by atoms with Gasteiger partial charge >= 0.3 is 20.5 Å². The number of amides is 2. The van der Waals surface area contributed by atoms with Crippen molar-refractivity contribution in [2.45, 2.75) is 73.3 Å². The standard InChI is InChI=1S/C22H32N3O7P.2C2H6/c1-16(2)30-20(27)14-24-33(32-18-9-6-5-7-10-18)29-15-19-13-17(3)21(31-19)25(11-8-12-26)22(28)23-4;2*1-2/h5-12,16-17,19,21,24H,13-15H2,1-4H3,(H,23,28);2*1-2H3/b11-8-;;. The Bertz CT molecular complexity index is 796. The lowest BCUT2D eigenvalue weighted by molar-refractivity contribution is -0.145. The Morgan fingerprint density at radius 1 is 1.19 bits per heavy atom. The zero-order valence-electron chi connectivity index (χ0n) is 23.3. The van der Waals surface area contributed by atoms with Crippen LogP contribution >= 0.6 is 8.53 Å². The second kappa shape index (κ2) is 20.5. The molecule has 11 heteroatoms. The van der Waals surface area contributed by atoms with E-state index in [9.17, 15) is 14.4 Å². The molecule has 0 spiro atoms. The minimum absolute atomic E-state index is 0.00227. The number of ether oxygens (including phenoxy) is 2. The summed E-state index contributed by atoms with van der Waals surface area (Å²) in [6, 6.07) is 8.74. The number of hydrogen-bond donors (Lipinski definition) is 2. The summed E-state index contributed by atoms with van der Waals surface area (Å²) in [6.07, 6.45) is 2.78. The molecule has 2 N–H and O–H groups in total. The van der Waals surface area contributed by atoms with E-state index >= 15 is 0 Å². The second-order valence-corrected chi connectivity index (χ2v) is 8.90. The summed E-state index contributed by atoms with van der Waals surface area (Å²) in [5, 5.41) is 5.51. The molecule has 10 nitrogen and oxygen atoms in total. The van der Waals surface area contributed by atoms with Gasteiger partial charge in [-0.2, -0.15) is 0 Å². The molecule has 1 aliphatic rings. The molecule has 1 saturated heterocycles. The van der Waals surface area contributed by atoms with Crippen LogP contribution in [0.3, 0.4) is 0 Å². The SMILES string of the molecule is CC.CC.CNC(=O)N(/C=C\C=O)C1OC(COP(NCC(=O)OC(C)C)Oc2ccccc2)CC1C. The molecule has 1 fully saturated rings. The molecule has 0 aromatic heterocycles. The van der Waals surface area contributed by atoms with E-state index in [1.54, 1.807) is 26.0 Å². The van der Waals surface area contributed by atoms with Crippen molar-refractivity contribution in [3.63, 3.8) is 0 Å². The molecule has 37 heavy (non-hydrogen) atoms. The quantitative estimate of drug-likeness (QED) is 0.164. The van der Waals surface area contributed by atoms with Gasteiger partial charge in [0.2, 0.25) is 0 Å². The number of aldehydes is 1. The average Bonchev–Trinajstić information content (AvgIpc) is 3.28. The third kappa shape index (κ3) is 13.6. The highest BCUT2D eigenvalue weighted by molar-refractivity contribution is 7.45. The maximum atomic E-state index is 12.2. The van der Waals surface area contributed by atoms with E-state index < -0.39 is 20.7 Å². The Hall–Kier alpha value is -2.52. The first-order valence-corrected chi connectivity index (χ1v) is 13.9. The fourth-order valence-electron chi connectivity index (χ4n) is 3.16. The zero-order chi connectivity index (χ0) is 28.2. The van der Waals surface area contributed by atoms with Crippen LogP contribution in [0.25, 0.3) is 0 Å². The van der Waals surface area contributed by atoms with Crippen LogP contribution in [-0.2, 0) is 23.6 Å². The number of para-hydroxylation sites is 1. The molecule has 0 bridgehead atoms. The number of rotatable bonds is 12. The van der Waals surface area contributed by atoms with Crippen LogP contribution in [0.2, 0.25) is 0 Å². The average molecular weight is 542 g/mol. The molecule has 2 rings (SSSR count). The van der Waals surface area contributed by atoms with Gasteiger partial charge in [-0.1, -0.05) is 52.8 Å². The van der Waals surface area contributed by atoms with Gasteiger partial charge < -0.3 is 23.8 Å². The normalized spacial score (nSPS) is 19.1. The number of nitrogens with zero attached hydrogens (tertiary/aromatic N) is 1. The topological polar surface area (TPSA) is 115 Å². The Morgan fingerprint density at radius 2 is 1.84 bits per heavy atom. The fourth-order valence-corrected chi connectivity index (χ4v) is 4.24. The van der Waals surface area contributed by atoms with E-state index in [2.05, 4.69) is 10.4 Å². The van der Waals surface area contributed by atoms with Crippen molar-refractivity contribution >= 4 is 26.8 Å². The molecule has 1 aliphatic heterocycles. The minimum Gasteiger partial charge on any atom is -0.462 e. The number of hydrogen-bond acceptors (Lipinski definition) is 8. The predicted molar refractivity (Wildman–Crippen MR) is 146 cm³/mol. The highest BCUT2D eigenvalue weighted by atomic mass is 31.2. The van der Waals surface area contributed by atoms with Gasteiger partial charge in [-0.25, -0.2) is 9.88 Å². The van der Waals surface area contributed by atoms with Gasteiger partial charge in [0.25, 0.3) is 0 Å². The van der Waals surface area contributed by atoms with Gasteiger partial charge in [0.1, 0.15) is 24.8 Å². The molecular weight excluding hydrogens is 497 g/mol. The number of urea groups is 1. The van der Waals surface area contributed by atoms with Gasteiger partial charge in [0.15, 0.2) is 0 Å². The molecule has 210 valence electrons. The number of nitrogens with one attached hydrogen (secondary N) is 2. The first kappa shape index (κ1) is 34.5. The smallest absolute Gasteiger partial charge is 0.323 e. The van der Waals surface area contributed by atoms with Crippen molar-refractivity contribution in [3.05, 3.63) is 42.6 Å². The molecule has 1 aromatic carbocycles. The molecule has 0 saturated carbocycles. The van der Waals surface area contributed by atoms with Gasteiger partial charge in [-0.05, 0) is 38.5 Å². The lowest BCUT2D eigenvalue weighted by Crippen LogP contribution is -2.44. The number of esters is 1. The third-order valence-electron chi connectivity index (χ3n) is 4.53. The highest BCUT2D eigenvalue weighted by Crippen LogP contribution is 2.37. The van der Waals surface area contributed by atoms with Crippen molar-refractivity contribution in [1.29, 1.82) is 0 Å². The van der Waals surface area contributed by atoms with E-state index in [1.807, 2.05) is 52.8 Å². The molecule has 4 unspecified atom stereocenters. The van der Waals surface area contributed by atoms with Crippen LogP contribution in [0.15, 0.2) is 42.6 Å². The molecule has 0 aliphatic carbocycles. The number of carbonyl (C=O) groups is 3. The number of allylic oxidation sites excluding steroid dienone is 1. The van der Waals surface area contributed by atoms with Crippen LogP contribution in [0.5, 0.6) is 5.75 Å². The summed E-state index contributed by atoms with van der Waals surface area (Å²) in [6.45, 7) is 13.6. The second-order valence-electron chi connectivity index (χ2n) is 7.63. The van der Waals surface area contributed by atoms with E-state index in [1.165, 1.54) is 24.2 Å². The summed E-state index contributed by atoms with van der Waals surface area (Å²) >= 11 is 0. The predicted octanol–water partition coefficient (Wildman–Crippen LogP) is 5.01. The Labute approximate surface area is 223 Å². The third-order valence-corrected chi connectivity index (χ3v) is 5.71. The fraction of sp³-hybridized carbons (Fsp3) is 0.577. The van der Waals surface area contributed by atoms with Gasteiger partial charge in [-0.15, -0.1) is 0 Å². The Kier molecular flexibility index (Phi) is 19.1. The van der Waals surface area contributed by atoms with Gasteiger partial charge in [0, 0.05) is 19.2 Å². The highest BCUT2D eigenvalue weighted by Gasteiger charge is 2.38. The van der Waals surface area contributed by atoms with Crippen molar-refractivity contribution in [2.24, 2.45) is 5.92 Å². The van der Waals surface area contributed by atoms with Crippen molar-refractivity contribution in [1.82, 2.24) is 15.3 Å². The van der Waals surface area contributed by atoms with Crippen LogP contribution in [-0.4, -0.2) is 61.8 Å². The molecule has 4 atom stereocenters. The molecule has 1 aromatic rings. The number of benzene rings is 1. The maximum Gasteiger partial charge on any atom is 0.323 e. The Balaban J connectivity index is 0.00000308. The van der Waals surface area contributed by atoms with Crippen LogP contribution in [0.1, 0.15) is 54.9 Å². The minimum atomic E-state index is -1.66. The summed E-state index contributed by atoms with van der Waals surface area (Å²) in [5.74, 6) is 0.186. The summed E-state index contributed by atoms with van der Waals surface area (Å²) in [5.41, 5.74) is 0. The van der Waals surface area contributed by atoms with E-state index in [0.29, 0.717) is 18.5 Å². The summed E-state index contributed by atoms with van der Waals surface area (Å²) in [7, 11) is -0.155. The largest absolute Gasteiger partial charge is 0.462 e. The van der Waals surface area contributed by atoms with Gasteiger partial charge in [0.05, 0.1) is 18.8 Å². The van der Waals surface area contributed by atoms with E-state index in [4.69, 9.17) is 18.5 Å². The monoisotopic (exact) mass is 541 g/mol. The van der Waals surface area contributed by atoms with Crippen molar-refractivity contribution in [2.75, 3.05) is 20.2 Å². The molecule has 2 amide bonds. The molecule has 0 radical (unpaired) electrons. The molecule has 1 heterocycles. The van der Waals surface area contributed by atoms with E-state index in [-0.39, 0.29) is 37.3 Å². The lowest BCUT2D eigenvalue weighted by Gasteiger charge is -2.27. The number of carbonyl (C=O) groups excluding carboxylic acids is 3. The summed E-state index contributed by atoms with van der Waals surface area (Å²) < 4.78 is 23.0.